The maximum Gasteiger partial charge on any atom is 0.223 e. The number of aromatic nitrogens is 1. The zero-order chi connectivity index (χ0) is 17.0. The van der Waals surface area contributed by atoms with Crippen molar-refractivity contribution in [3.63, 3.8) is 0 Å². The molecule has 2 unspecified atom stereocenters. The van der Waals surface area contributed by atoms with Gasteiger partial charge in [-0.15, -0.1) is 0 Å². The summed E-state index contributed by atoms with van der Waals surface area (Å²) in [6.07, 6.45) is 10.3. The number of carbonyl (C=O) groups excluding carboxylic acids is 1. The van der Waals surface area contributed by atoms with Crippen LogP contribution in [0.15, 0.2) is 24.4 Å². The van der Waals surface area contributed by atoms with Crippen LogP contribution in [0.4, 0.5) is 0 Å². The standard InChI is InChI=1S/C22H28N2O/c1-14-3-2-4-20-22(14)18(12-23-20)5-6-21(25)24-13-17-8-15-7-16(9-17)11-19(24)10-15/h2-4,12,15-17,19,23H,5-11,13H2,1H3. The average Bonchev–Trinajstić information content (AvgIpc) is 2.91. The maximum atomic E-state index is 13.0. The number of benzene rings is 1. The topological polar surface area (TPSA) is 36.1 Å². The Balaban J connectivity index is 1.32. The lowest BCUT2D eigenvalue weighted by Crippen LogP contribution is -2.42. The van der Waals surface area contributed by atoms with Crippen molar-refractivity contribution >= 4 is 16.8 Å². The molecule has 1 amide bonds. The van der Waals surface area contributed by atoms with E-state index in [-0.39, 0.29) is 0 Å². The first-order valence-electron chi connectivity index (χ1n) is 10.0. The lowest BCUT2D eigenvalue weighted by Gasteiger charge is -2.39. The molecule has 2 aliphatic carbocycles. The van der Waals surface area contributed by atoms with Crippen LogP contribution in [-0.4, -0.2) is 28.4 Å². The fourth-order valence-corrected chi connectivity index (χ4v) is 6.12. The van der Waals surface area contributed by atoms with Gasteiger partial charge >= 0.3 is 0 Å². The van der Waals surface area contributed by atoms with Gasteiger partial charge in [-0.25, -0.2) is 0 Å². The molecular formula is C22H28N2O. The van der Waals surface area contributed by atoms with Gasteiger partial charge in [-0.05, 0) is 80.4 Å². The molecule has 3 heteroatoms. The first kappa shape index (κ1) is 15.5. The molecule has 2 aliphatic heterocycles. The van der Waals surface area contributed by atoms with Crippen molar-refractivity contribution in [3.05, 3.63) is 35.5 Å². The minimum atomic E-state index is 0.390. The summed E-state index contributed by atoms with van der Waals surface area (Å²) in [5.41, 5.74) is 3.78. The van der Waals surface area contributed by atoms with E-state index < -0.39 is 0 Å². The molecule has 2 aromatic rings. The van der Waals surface area contributed by atoms with Gasteiger partial charge in [0, 0.05) is 36.1 Å². The molecule has 1 N–H and O–H groups in total. The van der Waals surface area contributed by atoms with Crippen LogP contribution < -0.4 is 0 Å². The van der Waals surface area contributed by atoms with Gasteiger partial charge in [-0.2, -0.15) is 0 Å². The number of hydrogen-bond donors (Lipinski definition) is 1. The van der Waals surface area contributed by atoms with Gasteiger partial charge in [0.05, 0.1) is 0 Å². The first-order valence-corrected chi connectivity index (χ1v) is 10.0. The minimum Gasteiger partial charge on any atom is -0.361 e. The summed E-state index contributed by atoms with van der Waals surface area (Å²) < 4.78 is 0. The van der Waals surface area contributed by atoms with Gasteiger partial charge < -0.3 is 9.88 Å². The second kappa shape index (κ2) is 5.89. The summed E-state index contributed by atoms with van der Waals surface area (Å²) in [6.45, 7) is 3.19. The molecule has 6 rings (SSSR count). The summed E-state index contributed by atoms with van der Waals surface area (Å²) >= 11 is 0. The molecule has 2 atom stereocenters. The molecule has 4 aliphatic rings. The second-order valence-electron chi connectivity index (χ2n) is 8.79. The van der Waals surface area contributed by atoms with E-state index in [0.29, 0.717) is 18.4 Å². The molecule has 1 aromatic carbocycles. The number of hydrogen-bond acceptors (Lipinski definition) is 1. The highest BCUT2D eigenvalue weighted by Gasteiger charge is 2.43. The zero-order valence-corrected chi connectivity index (χ0v) is 15.1. The highest BCUT2D eigenvalue weighted by Crippen LogP contribution is 2.47. The van der Waals surface area contributed by atoms with Crippen molar-refractivity contribution in [1.29, 1.82) is 0 Å². The number of nitrogens with one attached hydrogen (secondary N) is 1. The summed E-state index contributed by atoms with van der Waals surface area (Å²) in [5.74, 6) is 2.96. The number of amides is 1. The van der Waals surface area contributed by atoms with Crippen LogP contribution in [0.2, 0.25) is 0 Å². The third kappa shape index (κ3) is 2.68. The van der Waals surface area contributed by atoms with E-state index in [0.717, 1.165) is 30.7 Å². The molecule has 132 valence electrons. The Morgan fingerprint density at radius 1 is 1.12 bits per heavy atom. The van der Waals surface area contributed by atoms with Crippen LogP contribution in [0.3, 0.4) is 0 Å². The number of nitrogens with zero attached hydrogens (tertiary/aromatic N) is 1. The Labute approximate surface area is 149 Å². The summed E-state index contributed by atoms with van der Waals surface area (Å²) in [7, 11) is 0. The van der Waals surface area contributed by atoms with E-state index in [4.69, 9.17) is 0 Å². The summed E-state index contributed by atoms with van der Waals surface area (Å²) in [6, 6.07) is 6.91. The Morgan fingerprint density at radius 3 is 2.68 bits per heavy atom. The van der Waals surface area contributed by atoms with Crippen LogP contribution in [0.1, 0.15) is 49.7 Å². The highest BCUT2D eigenvalue weighted by atomic mass is 16.2. The maximum absolute atomic E-state index is 13.0. The van der Waals surface area contributed by atoms with Crippen molar-refractivity contribution in [2.75, 3.05) is 6.54 Å². The molecule has 0 radical (unpaired) electrons. The molecule has 1 aromatic heterocycles. The van der Waals surface area contributed by atoms with Crippen molar-refractivity contribution in [1.82, 2.24) is 9.88 Å². The fourth-order valence-electron chi connectivity index (χ4n) is 6.12. The lowest BCUT2D eigenvalue weighted by atomic mass is 9.68. The van der Waals surface area contributed by atoms with Crippen molar-refractivity contribution in [2.24, 2.45) is 17.8 Å². The molecule has 4 fully saturated rings. The summed E-state index contributed by atoms with van der Waals surface area (Å²) in [4.78, 5) is 18.7. The van der Waals surface area contributed by atoms with Crippen LogP contribution in [0.5, 0.6) is 0 Å². The van der Waals surface area contributed by atoms with Crippen molar-refractivity contribution < 1.29 is 4.79 Å². The monoisotopic (exact) mass is 336 g/mol. The van der Waals surface area contributed by atoms with Gasteiger partial charge in [-0.1, -0.05) is 12.1 Å². The average molecular weight is 336 g/mol. The molecule has 2 saturated heterocycles. The Hall–Kier alpha value is -1.77. The number of rotatable bonds is 3. The number of carbonyl (C=O) groups is 1. The molecule has 3 nitrogen and oxygen atoms in total. The van der Waals surface area contributed by atoms with E-state index in [9.17, 15) is 4.79 Å². The third-order valence-corrected chi connectivity index (χ3v) is 7.03. The largest absolute Gasteiger partial charge is 0.361 e. The lowest BCUT2D eigenvalue weighted by molar-refractivity contribution is -0.134. The predicted octanol–water partition coefficient (Wildman–Crippen LogP) is 4.45. The van der Waals surface area contributed by atoms with E-state index in [2.05, 4.69) is 41.2 Å². The minimum absolute atomic E-state index is 0.390. The van der Waals surface area contributed by atoms with Gasteiger partial charge in [0.2, 0.25) is 5.91 Å². The van der Waals surface area contributed by atoms with Gasteiger partial charge in [0.25, 0.3) is 0 Å². The van der Waals surface area contributed by atoms with Crippen LogP contribution >= 0.6 is 0 Å². The van der Waals surface area contributed by atoms with Crippen LogP contribution in [0.25, 0.3) is 10.9 Å². The van der Waals surface area contributed by atoms with E-state index in [1.54, 1.807) is 0 Å². The molecule has 4 bridgehead atoms. The molecular weight excluding hydrogens is 308 g/mol. The SMILES string of the molecule is Cc1cccc2[nH]cc(CCC(=O)N3CC4CC5CC(C4)CC3C5)c12. The van der Waals surface area contributed by atoms with E-state index in [1.807, 2.05) is 0 Å². The fraction of sp³-hybridized carbons (Fsp3) is 0.591. The van der Waals surface area contributed by atoms with Crippen molar-refractivity contribution in [3.8, 4) is 0 Å². The molecule has 2 saturated carbocycles. The predicted molar refractivity (Wildman–Crippen MR) is 100 cm³/mol. The van der Waals surface area contributed by atoms with Crippen LogP contribution in [-0.2, 0) is 11.2 Å². The first-order chi connectivity index (χ1) is 12.2. The van der Waals surface area contributed by atoms with Gasteiger partial charge in [0.1, 0.15) is 0 Å². The normalized spacial score (nSPS) is 30.8. The van der Waals surface area contributed by atoms with Crippen LogP contribution in [0, 0.1) is 24.7 Å². The molecule has 3 heterocycles. The Morgan fingerprint density at radius 2 is 1.88 bits per heavy atom. The third-order valence-electron chi connectivity index (χ3n) is 7.03. The highest BCUT2D eigenvalue weighted by molar-refractivity contribution is 5.87. The zero-order valence-electron chi connectivity index (χ0n) is 15.1. The summed E-state index contributed by atoms with van der Waals surface area (Å²) in [5, 5.41) is 1.31. The van der Waals surface area contributed by atoms with Crippen molar-refractivity contribution in [2.45, 2.75) is 57.9 Å². The number of H-pyrrole nitrogens is 1. The number of fused-ring (bicyclic) bond motifs is 2. The van der Waals surface area contributed by atoms with Gasteiger partial charge in [0.15, 0.2) is 0 Å². The number of aryl methyl sites for hydroxylation is 2. The van der Waals surface area contributed by atoms with Gasteiger partial charge in [-0.3, -0.25) is 4.79 Å². The molecule has 0 spiro atoms. The second-order valence-corrected chi connectivity index (χ2v) is 8.79. The molecule has 25 heavy (non-hydrogen) atoms. The van der Waals surface area contributed by atoms with E-state index >= 15 is 0 Å². The van der Waals surface area contributed by atoms with E-state index in [1.165, 1.54) is 54.1 Å². The quantitative estimate of drug-likeness (QED) is 0.883. The number of aromatic amines is 1. The Bertz CT molecular complexity index is 793. The Kier molecular flexibility index (Phi) is 3.65. The smallest absolute Gasteiger partial charge is 0.223 e.